The van der Waals surface area contributed by atoms with Crippen LogP contribution in [0.3, 0.4) is 0 Å². The van der Waals surface area contributed by atoms with E-state index >= 15 is 0 Å². The molecule has 2 aromatic heterocycles. The fraction of sp³-hybridized carbons (Fsp3) is 0.313. The molecule has 2 aliphatic rings. The van der Waals surface area contributed by atoms with Gasteiger partial charge in [0.2, 0.25) is 5.24 Å². The van der Waals surface area contributed by atoms with Gasteiger partial charge in [-0.2, -0.15) is 0 Å². The largest absolute Gasteiger partial charge is 0.493 e. The number of methoxy groups -OCH3 is 4. The molecule has 0 spiro atoms. The molecule has 436 valence electrons. The molecular formula is C67H79ClIN3O10. The van der Waals surface area contributed by atoms with Gasteiger partial charge in [-0.3, -0.25) is 29.1 Å². The van der Waals surface area contributed by atoms with E-state index in [0.717, 1.165) is 38.5 Å². The zero-order valence-corrected chi connectivity index (χ0v) is 52.4. The smallest absolute Gasteiger partial charge is 0.235 e. The van der Waals surface area contributed by atoms with Crippen molar-refractivity contribution in [3.8, 4) is 46.0 Å². The third kappa shape index (κ3) is 18.2. The molecule has 15 heteroatoms. The number of anilines is 1. The molecule has 2 aliphatic carbocycles. The Morgan fingerprint density at radius 1 is 0.439 bits per heavy atom. The number of benzene rings is 6. The van der Waals surface area contributed by atoms with Gasteiger partial charge in [0.1, 0.15) is 28.4 Å². The number of nitrogen functional groups attached to an aromatic ring is 1. The van der Waals surface area contributed by atoms with E-state index in [0.29, 0.717) is 90.2 Å². The molecule has 2 heterocycles. The fourth-order valence-electron chi connectivity index (χ4n) is 8.34. The van der Waals surface area contributed by atoms with E-state index in [-0.39, 0.29) is 47.7 Å². The van der Waals surface area contributed by atoms with Crippen LogP contribution < -0.4 is 34.2 Å². The number of rotatable bonds is 18. The lowest BCUT2D eigenvalue weighted by Gasteiger charge is -2.14. The van der Waals surface area contributed by atoms with Gasteiger partial charge < -0.3 is 34.2 Å². The van der Waals surface area contributed by atoms with E-state index < -0.39 is 16.1 Å². The third-order valence-electron chi connectivity index (χ3n) is 12.9. The summed E-state index contributed by atoms with van der Waals surface area (Å²) in [5, 5.41) is 1.14. The minimum absolute atomic E-state index is 0. The second-order valence-electron chi connectivity index (χ2n) is 17.7. The summed E-state index contributed by atoms with van der Waals surface area (Å²) < 4.78 is 33.5. The van der Waals surface area contributed by atoms with Crippen molar-refractivity contribution in [2.45, 2.75) is 100 Å². The molecule has 6 aromatic carbocycles. The predicted molar refractivity (Wildman–Crippen MR) is 341 cm³/mol. The lowest BCUT2D eigenvalue weighted by molar-refractivity contribution is -0.134. The zero-order valence-electron chi connectivity index (χ0n) is 49.3. The number of hydrogen-bond acceptors (Lipinski definition) is 13. The number of ketones is 3. The summed E-state index contributed by atoms with van der Waals surface area (Å²) in [7, 11) is 6.36. The van der Waals surface area contributed by atoms with E-state index in [9.17, 15) is 19.2 Å². The summed E-state index contributed by atoms with van der Waals surface area (Å²) in [5.74, 6) is 5.08. The highest BCUT2D eigenvalue weighted by Gasteiger charge is 2.55. The van der Waals surface area contributed by atoms with E-state index in [2.05, 4.69) is 9.97 Å². The summed E-state index contributed by atoms with van der Waals surface area (Å²) >= 11 is 5.43. The van der Waals surface area contributed by atoms with Crippen molar-refractivity contribution in [2.75, 3.05) is 34.2 Å². The number of pyridine rings is 2. The molecule has 2 saturated carbocycles. The van der Waals surface area contributed by atoms with Crippen molar-refractivity contribution in [3.05, 3.63) is 175 Å². The highest BCUT2D eigenvalue weighted by molar-refractivity contribution is 14.0. The minimum Gasteiger partial charge on any atom is -0.493 e. The number of carbonyl (C=O) groups excluding carboxylic acids is 4. The van der Waals surface area contributed by atoms with Gasteiger partial charge in [-0.25, -0.2) is 0 Å². The Hall–Kier alpha value is -7.56. The molecule has 0 amide bonds. The Morgan fingerprint density at radius 2 is 0.756 bits per heavy atom. The third-order valence-corrected chi connectivity index (χ3v) is 13.3. The summed E-state index contributed by atoms with van der Waals surface area (Å²) in [4.78, 5) is 57.7. The maximum absolute atomic E-state index is 13.1. The van der Waals surface area contributed by atoms with Gasteiger partial charge in [0.25, 0.3) is 0 Å². The zero-order chi connectivity index (χ0) is 59.5. The number of ether oxygens (including phenoxy) is 6. The number of carbonyl (C=O) groups is 4. The first-order chi connectivity index (χ1) is 39.4. The van der Waals surface area contributed by atoms with E-state index in [4.69, 9.17) is 45.8 Å². The van der Waals surface area contributed by atoms with Crippen molar-refractivity contribution < 1.29 is 47.6 Å². The van der Waals surface area contributed by atoms with E-state index in [1.54, 1.807) is 59.0 Å². The van der Waals surface area contributed by atoms with Gasteiger partial charge in [0.05, 0.1) is 44.9 Å². The molecule has 2 fully saturated rings. The number of Topliss-reactive ketones (excluding diaryl/α,β-unsaturated/α-hetero) is 3. The second kappa shape index (κ2) is 34.7. The number of hydrogen-bond donors (Lipinski definition) is 1. The number of halogens is 2. The fourth-order valence-corrected chi connectivity index (χ4v) is 8.64. The average molecular weight is 1250 g/mol. The predicted octanol–water partition coefficient (Wildman–Crippen LogP) is 16.4. The van der Waals surface area contributed by atoms with Crippen molar-refractivity contribution >= 4 is 85.7 Å². The molecule has 0 aliphatic heterocycles. The summed E-state index contributed by atoms with van der Waals surface area (Å²) in [6, 6.07) is 44.6. The SMILES string of the molecule is CC.CC.CC.CC.COc1cc2nccc(Oc3ccc(CC(=O)C4(C(=O)Cc5ccccc5)CC4)cc3)c2cc1OC.COc1cc2nccc(Oc3ccc(N)cc3)c2cc1OC.I.O=C(Cl)C1(C(=O)Cc2ccccc2)CC1. The lowest BCUT2D eigenvalue weighted by Crippen LogP contribution is -2.28. The molecule has 0 atom stereocenters. The lowest BCUT2D eigenvalue weighted by atomic mass is 9.88. The molecule has 8 aromatic rings. The maximum Gasteiger partial charge on any atom is 0.235 e. The molecule has 0 saturated heterocycles. The number of fused-ring (bicyclic) bond motifs is 2. The normalized spacial score (nSPS) is 12.3. The monoisotopic (exact) mass is 1250 g/mol. The molecule has 10 rings (SSSR count). The standard InChI is InChI=1S/C30H27NO5.C17H16N2O3.C12H11ClO2.4C2H6.HI/c1-34-26-18-23-24(19-27(26)35-2)31-15-12-25(23)36-22-10-8-21(9-11-22)17-29(33)30(13-14-30)28(32)16-20-6-4-3-5-7-20;1-20-16-9-13-14(10-17(16)21-2)19-8-7-15(13)22-12-5-3-11(18)4-6-12;13-11(15)12(6-7-12)10(14)8-9-4-2-1-3-5-9;4*1-2;/h3-12,15,18-19H,13-14,16-17H2,1-2H3;3-10H,18H2,1-2H3;1-5H,6-8H2;4*1-2H3;1H. The van der Waals surface area contributed by atoms with Gasteiger partial charge >= 0.3 is 0 Å². The van der Waals surface area contributed by atoms with Crippen LogP contribution in [0.2, 0.25) is 0 Å². The topological polar surface area (TPSA) is 175 Å². The Balaban J connectivity index is 0.000000327. The molecule has 82 heavy (non-hydrogen) atoms. The van der Waals surface area contributed by atoms with Gasteiger partial charge in [-0.1, -0.05) is 128 Å². The highest BCUT2D eigenvalue weighted by Crippen LogP contribution is 2.50. The van der Waals surface area contributed by atoms with Crippen LogP contribution in [0.4, 0.5) is 5.69 Å². The van der Waals surface area contributed by atoms with Crippen LogP contribution in [0.25, 0.3) is 21.8 Å². The summed E-state index contributed by atoms with van der Waals surface area (Å²) in [6.45, 7) is 16.0. The maximum atomic E-state index is 13.1. The molecule has 0 unspecified atom stereocenters. The number of nitrogens with zero attached hydrogens (tertiary/aromatic N) is 2. The van der Waals surface area contributed by atoms with Crippen LogP contribution in [-0.2, 0) is 38.4 Å². The molecule has 0 bridgehead atoms. The van der Waals surface area contributed by atoms with Crippen LogP contribution >= 0.6 is 35.6 Å². The van der Waals surface area contributed by atoms with Crippen LogP contribution in [0.5, 0.6) is 46.0 Å². The molecule has 2 N–H and O–H groups in total. The van der Waals surface area contributed by atoms with Gasteiger partial charge in [-0.05, 0) is 115 Å². The Bertz CT molecular complexity index is 3260. The van der Waals surface area contributed by atoms with Crippen molar-refractivity contribution in [1.82, 2.24) is 9.97 Å². The van der Waals surface area contributed by atoms with Crippen LogP contribution in [0.15, 0.2) is 158 Å². The first kappa shape index (κ1) is 68.7. The number of aromatic nitrogens is 2. The Kier molecular flexibility index (Phi) is 29.0. The van der Waals surface area contributed by atoms with Crippen LogP contribution in [0, 0.1) is 10.8 Å². The quantitative estimate of drug-likeness (QED) is 0.0372. The Morgan fingerprint density at radius 3 is 1.09 bits per heavy atom. The van der Waals surface area contributed by atoms with Gasteiger partial charge in [0, 0.05) is 60.2 Å². The second-order valence-corrected chi connectivity index (χ2v) is 18.0. The minimum atomic E-state index is -0.850. The highest BCUT2D eigenvalue weighted by atomic mass is 127. The van der Waals surface area contributed by atoms with Crippen LogP contribution in [-0.4, -0.2) is 61.0 Å². The van der Waals surface area contributed by atoms with Crippen LogP contribution in [0.1, 0.15) is 97.8 Å². The first-order valence-corrected chi connectivity index (χ1v) is 28.0. The average Bonchev–Trinajstić information content (AvgIpc) is 4.64. The van der Waals surface area contributed by atoms with E-state index in [1.807, 2.05) is 183 Å². The summed E-state index contributed by atoms with van der Waals surface area (Å²) in [6.07, 6.45) is 6.72. The molecule has 0 radical (unpaired) electrons. The van der Waals surface area contributed by atoms with Crippen molar-refractivity contribution in [1.29, 1.82) is 0 Å². The number of nitrogens with two attached hydrogens (primary N) is 1. The van der Waals surface area contributed by atoms with Crippen molar-refractivity contribution in [2.24, 2.45) is 10.8 Å². The summed E-state index contributed by atoms with van der Waals surface area (Å²) in [5.41, 5.74) is 8.94. The molecular weight excluding hydrogens is 1170 g/mol. The van der Waals surface area contributed by atoms with E-state index in [1.165, 1.54) is 0 Å². The van der Waals surface area contributed by atoms with Crippen molar-refractivity contribution in [3.63, 3.8) is 0 Å². The van der Waals surface area contributed by atoms with Gasteiger partial charge in [-0.15, -0.1) is 24.0 Å². The Labute approximate surface area is 506 Å². The molecule has 13 nitrogen and oxygen atoms in total. The first-order valence-electron chi connectivity index (χ1n) is 27.6. The van der Waals surface area contributed by atoms with Gasteiger partial charge in [0.15, 0.2) is 40.3 Å².